The molecule has 0 spiro atoms. The zero-order valence-corrected chi connectivity index (χ0v) is 13.4. The molecule has 124 valence electrons. The van der Waals surface area contributed by atoms with E-state index in [-0.39, 0.29) is 23.6 Å². The van der Waals surface area contributed by atoms with Crippen molar-refractivity contribution in [1.82, 2.24) is 5.32 Å². The molecule has 23 heavy (non-hydrogen) atoms. The van der Waals surface area contributed by atoms with Crippen LogP contribution in [0, 0.1) is 5.92 Å². The van der Waals surface area contributed by atoms with Gasteiger partial charge in [0.05, 0.1) is 0 Å². The van der Waals surface area contributed by atoms with Gasteiger partial charge in [0.1, 0.15) is 0 Å². The van der Waals surface area contributed by atoms with Crippen LogP contribution in [0.15, 0.2) is 24.3 Å². The highest BCUT2D eigenvalue weighted by Crippen LogP contribution is 2.28. The first kappa shape index (κ1) is 17.0. The van der Waals surface area contributed by atoms with Crippen LogP contribution < -0.4 is 16.0 Å². The first-order valence-corrected chi connectivity index (χ1v) is 8.06. The molecule has 0 atom stereocenters. The maximum atomic E-state index is 11.9. The van der Waals surface area contributed by atoms with Gasteiger partial charge in [-0.15, -0.1) is 0 Å². The van der Waals surface area contributed by atoms with Crippen molar-refractivity contribution in [2.75, 3.05) is 17.2 Å². The van der Waals surface area contributed by atoms with Crippen LogP contribution in [-0.4, -0.2) is 24.3 Å². The number of amides is 3. The largest absolute Gasteiger partial charge is 0.356 e. The normalized spacial score (nSPS) is 13.3. The molecular weight excluding hydrogens is 294 g/mol. The molecule has 0 saturated heterocycles. The van der Waals surface area contributed by atoms with Gasteiger partial charge in [0, 0.05) is 36.7 Å². The highest BCUT2D eigenvalue weighted by molar-refractivity contribution is 5.94. The summed E-state index contributed by atoms with van der Waals surface area (Å²) in [6, 6.07) is 7.04. The van der Waals surface area contributed by atoms with E-state index in [1.165, 1.54) is 0 Å². The van der Waals surface area contributed by atoms with Crippen molar-refractivity contribution in [2.24, 2.45) is 5.92 Å². The van der Waals surface area contributed by atoms with Gasteiger partial charge in [-0.05, 0) is 37.5 Å². The summed E-state index contributed by atoms with van der Waals surface area (Å²) in [6.45, 7) is 2.30. The third kappa shape index (κ3) is 6.10. The Bertz CT molecular complexity index is 582. The Balaban J connectivity index is 1.70. The lowest BCUT2D eigenvalue weighted by molar-refractivity contribution is -0.122. The maximum Gasteiger partial charge on any atom is 0.224 e. The van der Waals surface area contributed by atoms with Crippen LogP contribution in [-0.2, 0) is 14.4 Å². The van der Waals surface area contributed by atoms with Gasteiger partial charge in [0.25, 0.3) is 0 Å². The van der Waals surface area contributed by atoms with Gasteiger partial charge in [-0.1, -0.05) is 13.0 Å². The number of nitrogens with one attached hydrogen (secondary N) is 3. The lowest BCUT2D eigenvalue weighted by Gasteiger charge is -2.09. The van der Waals surface area contributed by atoms with Crippen molar-refractivity contribution < 1.29 is 14.4 Å². The van der Waals surface area contributed by atoms with Crippen molar-refractivity contribution in [3.8, 4) is 0 Å². The van der Waals surface area contributed by atoms with E-state index in [9.17, 15) is 14.4 Å². The summed E-state index contributed by atoms with van der Waals surface area (Å²) in [4.78, 5) is 34.7. The molecule has 3 N–H and O–H groups in total. The van der Waals surface area contributed by atoms with E-state index >= 15 is 0 Å². The van der Waals surface area contributed by atoms with Crippen LogP contribution in [0.5, 0.6) is 0 Å². The lowest BCUT2D eigenvalue weighted by atomic mass is 10.2. The molecule has 1 aliphatic rings. The van der Waals surface area contributed by atoms with Crippen LogP contribution in [0.4, 0.5) is 11.4 Å². The molecule has 0 unspecified atom stereocenters. The SMILES string of the molecule is CCC(=O)Nc1cccc(NC(=O)CCCNC(=O)C2CC2)c1. The molecule has 1 aromatic carbocycles. The summed E-state index contributed by atoms with van der Waals surface area (Å²) in [7, 11) is 0. The van der Waals surface area contributed by atoms with E-state index in [2.05, 4.69) is 16.0 Å². The zero-order chi connectivity index (χ0) is 16.7. The van der Waals surface area contributed by atoms with E-state index < -0.39 is 0 Å². The Morgan fingerprint density at radius 3 is 2.35 bits per heavy atom. The van der Waals surface area contributed by atoms with Crippen molar-refractivity contribution >= 4 is 29.1 Å². The van der Waals surface area contributed by atoms with E-state index in [0.29, 0.717) is 37.2 Å². The Hall–Kier alpha value is -2.37. The molecule has 1 saturated carbocycles. The average molecular weight is 317 g/mol. The summed E-state index contributed by atoms with van der Waals surface area (Å²) in [6.07, 6.45) is 3.32. The Morgan fingerprint density at radius 1 is 1.09 bits per heavy atom. The second kappa shape index (κ2) is 8.31. The standard InChI is InChI=1S/C17H23N3O3/c1-2-15(21)19-13-5-3-6-14(11-13)20-16(22)7-4-10-18-17(23)12-8-9-12/h3,5-6,11-12H,2,4,7-10H2,1H3,(H,18,23)(H,19,21)(H,20,22). The smallest absolute Gasteiger partial charge is 0.224 e. The fourth-order valence-corrected chi connectivity index (χ4v) is 2.10. The number of hydrogen-bond donors (Lipinski definition) is 3. The zero-order valence-electron chi connectivity index (χ0n) is 13.4. The number of anilines is 2. The van der Waals surface area contributed by atoms with Gasteiger partial charge < -0.3 is 16.0 Å². The van der Waals surface area contributed by atoms with Gasteiger partial charge >= 0.3 is 0 Å². The molecule has 6 nitrogen and oxygen atoms in total. The molecule has 2 rings (SSSR count). The van der Waals surface area contributed by atoms with Crippen molar-refractivity contribution in [1.29, 1.82) is 0 Å². The predicted molar refractivity (Wildman–Crippen MR) is 89.0 cm³/mol. The summed E-state index contributed by atoms with van der Waals surface area (Å²) in [5, 5.41) is 8.38. The molecule has 0 heterocycles. The maximum absolute atomic E-state index is 11.9. The van der Waals surface area contributed by atoms with Gasteiger partial charge in [-0.25, -0.2) is 0 Å². The minimum absolute atomic E-state index is 0.0696. The molecule has 1 fully saturated rings. The third-order valence-corrected chi connectivity index (χ3v) is 3.58. The van der Waals surface area contributed by atoms with Gasteiger partial charge in [-0.2, -0.15) is 0 Å². The molecule has 1 aliphatic carbocycles. The quantitative estimate of drug-likeness (QED) is 0.643. The fraction of sp³-hybridized carbons (Fsp3) is 0.471. The van der Waals surface area contributed by atoms with Crippen LogP contribution in [0.25, 0.3) is 0 Å². The number of carbonyl (C=O) groups excluding carboxylic acids is 3. The second-order valence-electron chi connectivity index (χ2n) is 5.70. The van der Waals surface area contributed by atoms with E-state index in [1.54, 1.807) is 31.2 Å². The Kier molecular flexibility index (Phi) is 6.14. The van der Waals surface area contributed by atoms with Gasteiger partial charge in [-0.3, -0.25) is 14.4 Å². The minimum Gasteiger partial charge on any atom is -0.356 e. The van der Waals surface area contributed by atoms with E-state index in [4.69, 9.17) is 0 Å². The third-order valence-electron chi connectivity index (χ3n) is 3.58. The molecule has 0 aromatic heterocycles. The number of carbonyl (C=O) groups is 3. The summed E-state index contributed by atoms with van der Waals surface area (Å²) < 4.78 is 0. The molecular formula is C17H23N3O3. The number of benzene rings is 1. The molecule has 0 bridgehead atoms. The minimum atomic E-state index is -0.107. The molecule has 0 aliphatic heterocycles. The molecule has 1 aromatic rings. The summed E-state index contributed by atoms with van der Waals surface area (Å²) in [5.41, 5.74) is 1.30. The Labute approximate surface area is 136 Å². The van der Waals surface area contributed by atoms with Crippen molar-refractivity contribution in [2.45, 2.75) is 39.0 Å². The summed E-state index contributed by atoms with van der Waals surface area (Å²) >= 11 is 0. The number of hydrogen-bond acceptors (Lipinski definition) is 3. The average Bonchev–Trinajstić information content (AvgIpc) is 3.36. The van der Waals surface area contributed by atoms with Crippen LogP contribution in [0.1, 0.15) is 39.0 Å². The van der Waals surface area contributed by atoms with E-state index in [1.807, 2.05) is 0 Å². The molecule has 0 radical (unpaired) electrons. The predicted octanol–water partition coefficient (Wildman–Crippen LogP) is 2.28. The van der Waals surface area contributed by atoms with Gasteiger partial charge in [0.2, 0.25) is 17.7 Å². The highest BCUT2D eigenvalue weighted by Gasteiger charge is 2.28. The summed E-state index contributed by atoms with van der Waals surface area (Å²) in [5.74, 6) is 0.124. The van der Waals surface area contributed by atoms with Crippen molar-refractivity contribution in [3.05, 3.63) is 24.3 Å². The topological polar surface area (TPSA) is 87.3 Å². The van der Waals surface area contributed by atoms with Crippen LogP contribution >= 0.6 is 0 Å². The first-order valence-electron chi connectivity index (χ1n) is 8.06. The number of rotatable bonds is 8. The fourth-order valence-electron chi connectivity index (χ4n) is 2.10. The van der Waals surface area contributed by atoms with Crippen LogP contribution in [0.2, 0.25) is 0 Å². The first-order chi connectivity index (χ1) is 11.1. The van der Waals surface area contributed by atoms with E-state index in [0.717, 1.165) is 12.8 Å². The molecule has 6 heteroatoms. The lowest BCUT2D eigenvalue weighted by Crippen LogP contribution is -2.26. The Morgan fingerprint density at radius 2 is 1.74 bits per heavy atom. The highest BCUT2D eigenvalue weighted by atomic mass is 16.2. The monoisotopic (exact) mass is 317 g/mol. The molecule has 3 amide bonds. The second-order valence-corrected chi connectivity index (χ2v) is 5.70. The van der Waals surface area contributed by atoms with Crippen LogP contribution in [0.3, 0.4) is 0 Å². The van der Waals surface area contributed by atoms with Crippen molar-refractivity contribution in [3.63, 3.8) is 0 Å². The van der Waals surface area contributed by atoms with Gasteiger partial charge in [0.15, 0.2) is 0 Å².